The second kappa shape index (κ2) is 7.82. The molecule has 0 aliphatic carbocycles. The van der Waals surface area contributed by atoms with Crippen LogP contribution in [-0.4, -0.2) is 52.5 Å². The Labute approximate surface area is 163 Å². The van der Waals surface area contributed by atoms with Crippen LogP contribution >= 0.6 is 11.3 Å². The molecule has 6 heteroatoms. The van der Waals surface area contributed by atoms with E-state index in [1.54, 1.807) is 11.3 Å². The van der Waals surface area contributed by atoms with Gasteiger partial charge in [0, 0.05) is 11.4 Å². The molecule has 1 fully saturated rings. The number of rotatable bonds is 4. The average molecular weight is 385 g/mol. The van der Waals surface area contributed by atoms with Crippen molar-refractivity contribution in [3.63, 3.8) is 0 Å². The third-order valence-electron chi connectivity index (χ3n) is 5.64. The van der Waals surface area contributed by atoms with Crippen LogP contribution in [-0.2, 0) is 16.0 Å². The molecule has 1 aromatic heterocycles. The van der Waals surface area contributed by atoms with Gasteiger partial charge in [0.1, 0.15) is 6.04 Å². The molecule has 142 valence electrons. The van der Waals surface area contributed by atoms with Crippen molar-refractivity contribution in [1.29, 1.82) is 0 Å². The first-order chi connectivity index (χ1) is 13.1. The van der Waals surface area contributed by atoms with E-state index >= 15 is 0 Å². The van der Waals surface area contributed by atoms with Crippen molar-refractivity contribution in [2.45, 2.75) is 37.8 Å². The van der Waals surface area contributed by atoms with Crippen LogP contribution < -0.4 is 0 Å². The zero-order valence-electron chi connectivity index (χ0n) is 15.2. The summed E-state index contributed by atoms with van der Waals surface area (Å²) >= 11 is 1.75. The number of likely N-dealkylation sites (tertiary alicyclic amines) is 1. The third kappa shape index (κ3) is 3.64. The van der Waals surface area contributed by atoms with Crippen molar-refractivity contribution in [3.8, 4) is 0 Å². The molecule has 4 rings (SSSR count). The van der Waals surface area contributed by atoms with Crippen LogP contribution in [0, 0.1) is 0 Å². The van der Waals surface area contributed by atoms with Crippen molar-refractivity contribution in [1.82, 2.24) is 9.80 Å². The van der Waals surface area contributed by atoms with Gasteiger partial charge in [-0.25, -0.2) is 0 Å². The predicted molar refractivity (Wildman–Crippen MR) is 105 cm³/mol. The summed E-state index contributed by atoms with van der Waals surface area (Å²) in [6.07, 6.45) is 3.36. The van der Waals surface area contributed by atoms with Gasteiger partial charge >= 0.3 is 5.97 Å². The monoisotopic (exact) mass is 384 g/mol. The van der Waals surface area contributed by atoms with E-state index in [1.165, 1.54) is 10.4 Å². The number of thiophene rings is 1. The summed E-state index contributed by atoms with van der Waals surface area (Å²) in [6, 6.07) is 11.6. The first-order valence-electron chi connectivity index (χ1n) is 9.52. The zero-order chi connectivity index (χ0) is 18.8. The number of fused-ring (bicyclic) bond motifs is 1. The quantitative estimate of drug-likeness (QED) is 0.880. The Bertz CT molecular complexity index is 820. The van der Waals surface area contributed by atoms with Gasteiger partial charge in [0.15, 0.2) is 0 Å². The number of piperidine rings is 1. The van der Waals surface area contributed by atoms with E-state index < -0.39 is 12.0 Å². The number of hydrogen-bond donors (Lipinski definition) is 1. The van der Waals surface area contributed by atoms with Gasteiger partial charge in [0.2, 0.25) is 5.91 Å². The average Bonchev–Trinajstić information content (AvgIpc) is 3.17. The van der Waals surface area contributed by atoms with Crippen molar-refractivity contribution in [3.05, 3.63) is 57.8 Å². The molecule has 2 atom stereocenters. The summed E-state index contributed by atoms with van der Waals surface area (Å²) in [4.78, 5) is 29.9. The maximum Gasteiger partial charge on any atom is 0.320 e. The lowest BCUT2D eigenvalue weighted by atomic mass is 9.93. The molecular formula is C21H24N2O3S. The topological polar surface area (TPSA) is 60.9 Å². The van der Waals surface area contributed by atoms with Crippen molar-refractivity contribution in [2.75, 3.05) is 19.6 Å². The first-order valence-corrected chi connectivity index (χ1v) is 10.4. The molecule has 1 saturated heterocycles. The molecule has 2 aliphatic heterocycles. The summed E-state index contributed by atoms with van der Waals surface area (Å²) in [5, 5.41) is 11.6. The van der Waals surface area contributed by atoms with Crippen LogP contribution in [0.15, 0.2) is 41.8 Å². The van der Waals surface area contributed by atoms with E-state index in [0.717, 1.165) is 24.8 Å². The van der Waals surface area contributed by atoms with Gasteiger partial charge in [-0.15, -0.1) is 11.3 Å². The fraction of sp³-hybridized carbons (Fsp3) is 0.429. The molecule has 27 heavy (non-hydrogen) atoms. The molecule has 0 spiro atoms. The van der Waals surface area contributed by atoms with Crippen LogP contribution in [0.5, 0.6) is 0 Å². The normalized spacial score (nSPS) is 23.0. The summed E-state index contributed by atoms with van der Waals surface area (Å²) in [5.74, 6) is -0.797. The molecule has 0 radical (unpaired) electrons. The van der Waals surface area contributed by atoms with E-state index in [0.29, 0.717) is 19.5 Å². The highest BCUT2D eigenvalue weighted by atomic mass is 32.1. The van der Waals surface area contributed by atoms with Crippen LogP contribution in [0.4, 0.5) is 0 Å². The Morgan fingerprint density at radius 2 is 1.93 bits per heavy atom. The van der Waals surface area contributed by atoms with Gasteiger partial charge in [-0.3, -0.25) is 14.5 Å². The number of amides is 1. The number of carbonyl (C=O) groups excluding carboxylic acids is 1. The maximum absolute atomic E-state index is 13.2. The Hall–Kier alpha value is -2.18. The highest BCUT2D eigenvalue weighted by Crippen LogP contribution is 2.37. The van der Waals surface area contributed by atoms with Crippen molar-refractivity contribution in [2.24, 2.45) is 0 Å². The van der Waals surface area contributed by atoms with Crippen LogP contribution in [0.25, 0.3) is 0 Å². The predicted octanol–water partition coefficient (Wildman–Crippen LogP) is 3.16. The van der Waals surface area contributed by atoms with E-state index in [1.807, 2.05) is 28.0 Å². The van der Waals surface area contributed by atoms with Gasteiger partial charge in [-0.2, -0.15) is 0 Å². The number of carbonyl (C=O) groups is 2. The van der Waals surface area contributed by atoms with Gasteiger partial charge < -0.3 is 10.0 Å². The maximum atomic E-state index is 13.2. The van der Waals surface area contributed by atoms with Crippen LogP contribution in [0.3, 0.4) is 0 Å². The highest BCUT2D eigenvalue weighted by Gasteiger charge is 2.36. The van der Waals surface area contributed by atoms with E-state index in [9.17, 15) is 14.7 Å². The molecule has 0 bridgehead atoms. The second-order valence-corrected chi connectivity index (χ2v) is 8.27. The standard InChI is InChI=1S/C21H24N2O3S/c24-19(14-22-11-5-4-8-17(22)21(25)26)23-12-9-18-16(10-13-27-18)20(23)15-6-2-1-3-7-15/h1-3,6-7,10,13,17,20H,4-5,8-9,11-12,14H2,(H,25,26). The minimum atomic E-state index is -0.819. The minimum Gasteiger partial charge on any atom is -0.480 e. The van der Waals surface area contributed by atoms with Gasteiger partial charge in [-0.1, -0.05) is 36.8 Å². The fourth-order valence-corrected chi connectivity index (χ4v) is 5.21. The third-order valence-corrected chi connectivity index (χ3v) is 6.64. The first kappa shape index (κ1) is 18.2. The Balaban J connectivity index is 1.59. The molecule has 1 N–H and O–H groups in total. The largest absolute Gasteiger partial charge is 0.480 e. The van der Waals surface area contributed by atoms with E-state index in [4.69, 9.17) is 0 Å². The van der Waals surface area contributed by atoms with E-state index in [2.05, 4.69) is 23.6 Å². The highest BCUT2D eigenvalue weighted by molar-refractivity contribution is 7.10. The molecule has 5 nitrogen and oxygen atoms in total. The Morgan fingerprint density at radius 3 is 2.70 bits per heavy atom. The lowest BCUT2D eigenvalue weighted by Crippen LogP contribution is -2.51. The molecule has 2 unspecified atom stereocenters. The van der Waals surface area contributed by atoms with Crippen LogP contribution in [0.1, 0.15) is 41.3 Å². The molecular weight excluding hydrogens is 360 g/mol. The lowest BCUT2D eigenvalue weighted by molar-refractivity contribution is -0.146. The molecule has 3 heterocycles. The molecule has 1 aromatic carbocycles. The van der Waals surface area contributed by atoms with Gasteiger partial charge in [0.05, 0.1) is 12.6 Å². The van der Waals surface area contributed by atoms with Gasteiger partial charge in [0.25, 0.3) is 0 Å². The summed E-state index contributed by atoms with van der Waals surface area (Å²) in [6.45, 7) is 1.54. The number of aliphatic carboxylic acids is 1. The lowest BCUT2D eigenvalue weighted by Gasteiger charge is -2.39. The molecule has 1 amide bonds. The Kier molecular flexibility index (Phi) is 5.27. The fourth-order valence-electron chi connectivity index (χ4n) is 4.30. The number of carboxylic acids is 1. The zero-order valence-corrected chi connectivity index (χ0v) is 16.0. The minimum absolute atomic E-state index is 0.0221. The number of hydrogen-bond acceptors (Lipinski definition) is 4. The molecule has 0 saturated carbocycles. The van der Waals surface area contributed by atoms with Crippen molar-refractivity contribution < 1.29 is 14.7 Å². The number of carboxylic acid groups (broad SMARTS) is 1. The number of benzene rings is 1. The number of nitrogens with zero attached hydrogens (tertiary/aromatic N) is 2. The molecule has 2 aromatic rings. The van der Waals surface area contributed by atoms with E-state index in [-0.39, 0.29) is 18.5 Å². The Morgan fingerprint density at radius 1 is 1.11 bits per heavy atom. The second-order valence-electron chi connectivity index (χ2n) is 7.27. The summed E-state index contributed by atoms with van der Waals surface area (Å²) in [7, 11) is 0. The SMILES string of the molecule is O=C(O)C1CCCCN1CC(=O)N1CCc2sccc2C1c1ccccc1. The van der Waals surface area contributed by atoms with Gasteiger partial charge in [-0.05, 0) is 48.4 Å². The molecule has 2 aliphatic rings. The summed E-state index contributed by atoms with van der Waals surface area (Å²) < 4.78 is 0. The smallest absolute Gasteiger partial charge is 0.320 e. The van der Waals surface area contributed by atoms with Crippen LogP contribution in [0.2, 0.25) is 0 Å². The summed E-state index contributed by atoms with van der Waals surface area (Å²) in [5.41, 5.74) is 2.32. The van der Waals surface area contributed by atoms with Crippen molar-refractivity contribution >= 4 is 23.2 Å².